The molecule has 0 saturated carbocycles. The molecular formula is C17H16S. The predicted octanol–water partition coefficient (Wildman–Crippen LogP) is 4.99. The van der Waals surface area contributed by atoms with Crippen LogP contribution in [0.3, 0.4) is 0 Å². The van der Waals surface area contributed by atoms with Crippen LogP contribution >= 0.6 is 12.6 Å². The van der Waals surface area contributed by atoms with E-state index in [4.69, 9.17) is 0 Å². The van der Waals surface area contributed by atoms with Crippen LogP contribution in [0.4, 0.5) is 0 Å². The van der Waals surface area contributed by atoms with Crippen LogP contribution in [-0.2, 0) is 12.2 Å². The van der Waals surface area contributed by atoms with Crippen molar-refractivity contribution in [2.24, 2.45) is 0 Å². The van der Waals surface area contributed by atoms with Gasteiger partial charge in [0.2, 0.25) is 0 Å². The number of aryl methyl sites for hydroxylation is 1. The lowest BCUT2D eigenvalue weighted by Gasteiger charge is -2.13. The van der Waals surface area contributed by atoms with Crippen LogP contribution in [0.15, 0.2) is 48.5 Å². The molecule has 0 atom stereocenters. The SMILES string of the molecule is CCc1c2ccccc2cc2cccc(CS)c12. The molecule has 0 nitrogen and oxygen atoms in total. The van der Waals surface area contributed by atoms with Gasteiger partial charge in [-0.2, -0.15) is 12.6 Å². The molecule has 18 heavy (non-hydrogen) atoms. The zero-order valence-electron chi connectivity index (χ0n) is 10.5. The van der Waals surface area contributed by atoms with E-state index < -0.39 is 0 Å². The van der Waals surface area contributed by atoms with E-state index in [0.29, 0.717) is 0 Å². The molecule has 0 aromatic heterocycles. The molecule has 0 aliphatic rings. The van der Waals surface area contributed by atoms with Crippen molar-refractivity contribution in [1.29, 1.82) is 0 Å². The summed E-state index contributed by atoms with van der Waals surface area (Å²) in [5.41, 5.74) is 2.78. The van der Waals surface area contributed by atoms with Crippen molar-refractivity contribution in [3.05, 3.63) is 59.7 Å². The lowest BCUT2D eigenvalue weighted by molar-refractivity contribution is 1.17. The standard InChI is InChI=1S/C17H16S/c1-2-15-16-9-4-3-6-12(16)10-13-7-5-8-14(11-18)17(13)15/h3-10,18H,2,11H2,1H3. The molecular weight excluding hydrogens is 236 g/mol. The summed E-state index contributed by atoms with van der Waals surface area (Å²) >= 11 is 4.47. The van der Waals surface area contributed by atoms with Gasteiger partial charge in [0.15, 0.2) is 0 Å². The summed E-state index contributed by atoms with van der Waals surface area (Å²) in [6.07, 6.45) is 1.06. The highest BCUT2D eigenvalue weighted by molar-refractivity contribution is 7.79. The number of fused-ring (bicyclic) bond motifs is 2. The van der Waals surface area contributed by atoms with Crippen molar-refractivity contribution in [1.82, 2.24) is 0 Å². The highest BCUT2D eigenvalue weighted by Crippen LogP contribution is 2.31. The first-order valence-electron chi connectivity index (χ1n) is 6.38. The van der Waals surface area contributed by atoms with Gasteiger partial charge in [-0.3, -0.25) is 0 Å². The van der Waals surface area contributed by atoms with Gasteiger partial charge < -0.3 is 0 Å². The van der Waals surface area contributed by atoms with Crippen molar-refractivity contribution >= 4 is 34.2 Å². The van der Waals surface area contributed by atoms with Gasteiger partial charge in [0.25, 0.3) is 0 Å². The van der Waals surface area contributed by atoms with Gasteiger partial charge in [0.1, 0.15) is 0 Å². The van der Waals surface area contributed by atoms with Crippen molar-refractivity contribution < 1.29 is 0 Å². The van der Waals surface area contributed by atoms with E-state index in [0.717, 1.165) is 12.2 Å². The third kappa shape index (κ3) is 1.70. The van der Waals surface area contributed by atoms with Gasteiger partial charge in [0, 0.05) is 5.75 Å². The van der Waals surface area contributed by atoms with Crippen molar-refractivity contribution in [2.75, 3.05) is 0 Å². The Hall–Kier alpha value is -1.47. The molecule has 90 valence electrons. The molecule has 0 aliphatic heterocycles. The summed E-state index contributed by atoms with van der Waals surface area (Å²) in [5, 5.41) is 5.44. The summed E-state index contributed by atoms with van der Waals surface area (Å²) in [5.74, 6) is 0.794. The summed E-state index contributed by atoms with van der Waals surface area (Å²) in [4.78, 5) is 0. The number of thiol groups is 1. The molecule has 0 saturated heterocycles. The molecule has 3 aromatic carbocycles. The summed E-state index contributed by atoms with van der Waals surface area (Å²) in [6, 6.07) is 17.5. The van der Waals surface area contributed by atoms with Crippen LogP contribution in [0, 0.1) is 0 Å². The second-order valence-corrected chi connectivity index (χ2v) is 4.92. The number of hydrogen-bond acceptors (Lipinski definition) is 1. The molecule has 0 N–H and O–H groups in total. The summed E-state index contributed by atoms with van der Waals surface area (Å²) < 4.78 is 0. The van der Waals surface area contributed by atoms with E-state index in [9.17, 15) is 0 Å². The Morgan fingerprint density at radius 2 is 1.72 bits per heavy atom. The van der Waals surface area contributed by atoms with Crippen LogP contribution in [0.25, 0.3) is 21.5 Å². The quantitative estimate of drug-likeness (QED) is 0.482. The fourth-order valence-corrected chi connectivity index (χ4v) is 3.07. The van der Waals surface area contributed by atoms with Crippen LogP contribution < -0.4 is 0 Å². The number of benzene rings is 3. The molecule has 0 aliphatic carbocycles. The smallest absolute Gasteiger partial charge is 0.0160 e. The average molecular weight is 252 g/mol. The Morgan fingerprint density at radius 1 is 0.944 bits per heavy atom. The minimum Gasteiger partial charge on any atom is -0.175 e. The minimum absolute atomic E-state index is 0.794. The van der Waals surface area contributed by atoms with E-state index in [1.54, 1.807) is 0 Å². The van der Waals surface area contributed by atoms with E-state index in [1.807, 2.05) is 0 Å². The Morgan fingerprint density at radius 3 is 2.50 bits per heavy atom. The fourth-order valence-electron chi connectivity index (χ4n) is 2.81. The van der Waals surface area contributed by atoms with Crippen molar-refractivity contribution in [3.63, 3.8) is 0 Å². The third-order valence-corrected chi connectivity index (χ3v) is 3.95. The van der Waals surface area contributed by atoms with E-state index in [2.05, 4.69) is 68.1 Å². The molecule has 3 rings (SSSR count). The number of rotatable bonds is 2. The normalized spacial score (nSPS) is 11.2. The minimum atomic E-state index is 0.794. The van der Waals surface area contributed by atoms with E-state index >= 15 is 0 Å². The molecule has 0 amide bonds. The average Bonchev–Trinajstić information content (AvgIpc) is 2.44. The second-order valence-electron chi connectivity index (χ2n) is 4.60. The first-order chi connectivity index (χ1) is 8.85. The molecule has 0 unspecified atom stereocenters. The van der Waals surface area contributed by atoms with Gasteiger partial charge >= 0.3 is 0 Å². The fraction of sp³-hybridized carbons (Fsp3) is 0.176. The maximum atomic E-state index is 4.47. The van der Waals surface area contributed by atoms with Crippen molar-refractivity contribution in [3.8, 4) is 0 Å². The second kappa shape index (κ2) is 4.66. The number of hydrogen-bond donors (Lipinski definition) is 1. The van der Waals surface area contributed by atoms with Gasteiger partial charge in [-0.05, 0) is 45.2 Å². The first-order valence-corrected chi connectivity index (χ1v) is 7.01. The zero-order valence-corrected chi connectivity index (χ0v) is 11.4. The highest BCUT2D eigenvalue weighted by atomic mass is 32.1. The summed E-state index contributed by atoms with van der Waals surface area (Å²) in [6.45, 7) is 2.23. The van der Waals surface area contributed by atoms with Crippen LogP contribution in [0.1, 0.15) is 18.1 Å². The molecule has 0 fully saturated rings. The third-order valence-electron chi connectivity index (χ3n) is 3.61. The highest BCUT2D eigenvalue weighted by Gasteiger charge is 2.08. The van der Waals surface area contributed by atoms with Crippen LogP contribution in [-0.4, -0.2) is 0 Å². The molecule has 3 aromatic rings. The Bertz CT molecular complexity index is 713. The topological polar surface area (TPSA) is 0 Å². The summed E-state index contributed by atoms with van der Waals surface area (Å²) in [7, 11) is 0. The molecule has 1 heteroatoms. The Balaban J connectivity index is 2.55. The lowest BCUT2D eigenvalue weighted by Crippen LogP contribution is -1.91. The monoisotopic (exact) mass is 252 g/mol. The van der Waals surface area contributed by atoms with Gasteiger partial charge in [-0.25, -0.2) is 0 Å². The zero-order chi connectivity index (χ0) is 12.5. The van der Waals surface area contributed by atoms with E-state index in [-0.39, 0.29) is 0 Å². The Labute approximate surface area is 113 Å². The molecule has 0 heterocycles. The van der Waals surface area contributed by atoms with E-state index in [1.165, 1.54) is 32.7 Å². The Kier molecular flexibility index (Phi) is 3.00. The van der Waals surface area contributed by atoms with Gasteiger partial charge in [0.05, 0.1) is 0 Å². The largest absolute Gasteiger partial charge is 0.175 e. The lowest BCUT2D eigenvalue weighted by atomic mass is 9.93. The maximum absolute atomic E-state index is 4.47. The van der Waals surface area contributed by atoms with Crippen molar-refractivity contribution in [2.45, 2.75) is 19.1 Å². The predicted molar refractivity (Wildman–Crippen MR) is 83.5 cm³/mol. The van der Waals surface area contributed by atoms with Crippen LogP contribution in [0.2, 0.25) is 0 Å². The van der Waals surface area contributed by atoms with Crippen LogP contribution in [0.5, 0.6) is 0 Å². The molecule has 0 radical (unpaired) electrons. The maximum Gasteiger partial charge on any atom is 0.0160 e. The van der Waals surface area contributed by atoms with Gasteiger partial charge in [-0.15, -0.1) is 0 Å². The molecule has 0 bridgehead atoms. The molecule has 0 spiro atoms. The van der Waals surface area contributed by atoms with Gasteiger partial charge in [-0.1, -0.05) is 49.4 Å². The first kappa shape index (κ1) is 11.6.